The van der Waals surface area contributed by atoms with Gasteiger partial charge in [0, 0.05) is 32.5 Å². The van der Waals surface area contributed by atoms with Crippen molar-refractivity contribution in [3.05, 3.63) is 48.0 Å². The molecule has 6 heteroatoms. The average molecular weight is 312 g/mol. The van der Waals surface area contributed by atoms with Gasteiger partial charge in [0.1, 0.15) is 0 Å². The topological polar surface area (TPSA) is 58.6 Å². The van der Waals surface area contributed by atoms with Gasteiger partial charge in [-0.2, -0.15) is 0 Å². The second-order valence-corrected chi connectivity index (χ2v) is 5.56. The molecule has 0 bridgehead atoms. The van der Waals surface area contributed by atoms with Gasteiger partial charge in [-0.3, -0.25) is 14.8 Å². The first kappa shape index (κ1) is 15.4. The second-order valence-electron chi connectivity index (χ2n) is 5.56. The Bertz CT molecular complexity index is 698. The number of aromatic nitrogens is 2. The van der Waals surface area contributed by atoms with Crippen molar-refractivity contribution >= 4 is 17.3 Å². The lowest BCUT2D eigenvalue weighted by atomic mass is 10.2. The highest BCUT2D eigenvalue weighted by molar-refractivity contribution is 6.06. The molecule has 0 aliphatic carbocycles. The Morgan fingerprint density at radius 3 is 2.74 bits per heavy atom. The minimum atomic E-state index is -0.0938. The summed E-state index contributed by atoms with van der Waals surface area (Å²) in [5.74, 6) is -0.0938. The van der Waals surface area contributed by atoms with E-state index < -0.39 is 0 Å². The molecule has 0 unspecified atom stereocenters. The lowest BCUT2D eigenvalue weighted by Crippen LogP contribution is -2.36. The number of morpholine rings is 1. The number of amides is 1. The quantitative estimate of drug-likeness (QED) is 0.866. The van der Waals surface area contributed by atoms with E-state index >= 15 is 0 Å². The molecule has 0 aromatic carbocycles. The largest absolute Gasteiger partial charge is 0.378 e. The summed E-state index contributed by atoms with van der Waals surface area (Å²) in [4.78, 5) is 24.9. The van der Waals surface area contributed by atoms with Gasteiger partial charge < -0.3 is 14.5 Å². The van der Waals surface area contributed by atoms with Gasteiger partial charge in [-0.25, -0.2) is 0 Å². The van der Waals surface area contributed by atoms with Crippen molar-refractivity contribution in [1.82, 2.24) is 9.97 Å². The van der Waals surface area contributed by atoms with Crippen molar-refractivity contribution in [2.75, 3.05) is 43.2 Å². The predicted molar refractivity (Wildman–Crippen MR) is 89.0 cm³/mol. The maximum Gasteiger partial charge on any atom is 0.259 e. The summed E-state index contributed by atoms with van der Waals surface area (Å²) in [6, 6.07) is 3.78. The minimum absolute atomic E-state index is 0.0938. The molecule has 2 aromatic heterocycles. The second kappa shape index (κ2) is 6.75. The number of hydrogen-bond donors (Lipinski definition) is 0. The summed E-state index contributed by atoms with van der Waals surface area (Å²) in [6.07, 6.45) is 6.82. The SMILES string of the molecule is Cc1ccncc1N(C)C(=O)c1cncc(N2CCOCC2)c1. The van der Waals surface area contributed by atoms with Crippen molar-refractivity contribution < 1.29 is 9.53 Å². The molecule has 1 aliphatic heterocycles. The normalized spacial score (nSPS) is 14.6. The maximum absolute atomic E-state index is 12.7. The molecule has 6 nitrogen and oxygen atoms in total. The van der Waals surface area contributed by atoms with E-state index in [0.29, 0.717) is 18.8 Å². The summed E-state index contributed by atoms with van der Waals surface area (Å²) < 4.78 is 5.36. The fourth-order valence-corrected chi connectivity index (χ4v) is 2.65. The van der Waals surface area contributed by atoms with E-state index in [9.17, 15) is 4.79 Å². The van der Waals surface area contributed by atoms with Crippen molar-refractivity contribution in [3.8, 4) is 0 Å². The molecule has 0 atom stereocenters. The van der Waals surface area contributed by atoms with Gasteiger partial charge in [-0.1, -0.05) is 0 Å². The van der Waals surface area contributed by atoms with E-state index in [0.717, 1.165) is 30.0 Å². The fourth-order valence-electron chi connectivity index (χ4n) is 2.65. The molecule has 3 heterocycles. The standard InChI is InChI=1S/C17H20N4O2/c1-13-3-4-18-12-16(13)20(2)17(22)14-9-15(11-19-10-14)21-5-7-23-8-6-21/h3-4,9-12H,5-8H2,1-2H3. The Kier molecular flexibility index (Phi) is 4.52. The van der Waals surface area contributed by atoms with Crippen LogP contribution in [0.3, 0.4) is 0 Å². The molecular formula is C17H20N4O2. The van der Waals surface area contributed by atoms with Gasteiger partial charge in [0.2, 0.25) is 0 Å². The summed E-state index contributed by atoms with van der Waals surface area (Å²) in [5, 5.41) is 0. The number of carbonyl (C=O) groups is 1. The summed E-state index contributed by atoms with van der Waals surface area (Å²) in [5.41, 5.74) is 3.33. The smallest absolute Gasteiger partial charge is 0.259 e. The van der Waals surface area contributed by atoms with Gasteiger partial charge in [-0.15, -0.1) is 0 Å². The zero-order chi connectivity index (χ0) is 16.2. The average Bonchev–Trinajstić information content (AvgIpc) is 2.62. The van der Waals surface area contributed by atoms with Gasteiger partial charge >= 0.3 is 0 Å². The number of anilines is 2. The van der Waals surface area contributed by atoms with E-state index in [1.807, 2.05) is 19.1 Å². The number of ether oxygens (including phenoxy) is 1. The number of aryl methyl sites for hydroxylation is 1. The first-order valence-electron chi connectivity index (χ1n) is 7.63. The van der Waals surface area contributed by atoms with Crippen molar-refractivity contribution in [1.29, 1.82) is 0 Å². The molecule has 1 amide bonds. The van der Waals surface area contributed by atoms with Crippen LogP contribution in [-0.2, 0) is 4.74 Å². The molecular weight excluding hydrogens is 292 g/mol. The number of hydrogen-bond acceptors (Lipinski definition) is 5. The summed E-state index contributed by atoms with van der Waals surface area (Å²) in [7, 11) is 1.76. The highest BCUT2D eigenvalue weighted by Crippen LogP contribution is 2.21. The first-order chi connectivity index (χ1) is 11.2. The van der Waals surface area contributed by atoms with Crippen LogP contribution in [-0.4, -0.2) is 49.2 Å². The molecule has 1 aliphatic rings. The van der Waals surface area contributed by atoms with E-state index in [2.05, 4.69) is 14.9 Å². The van der Waals surface area contributed by atoms with Crippen molar-refractivity contribution in [2.24, 2.45) is 0 Å². The number of rotatable bonds is 3. The van der Waals surface area contributed by atoms with Gasteiger partial charge in [0.05, 0.1) is 42.5 Å². The van der Waals surface area contributed by atoms with Crippen LogP contribution in [0, 0.1) is 6.92 Å². The molecule has 0 N–H and O–H groups in total. The number of pyridine rings is 2. The molecule has 23 heavy (non-hydrogen) atoms. The highest BCUT2D eigenvalue weighted by Gasteiger charge is 2.18. The van der Waals surface area contributed by atoms with E-state index in [-0.39, 0.29) is 5.91 Å². The summed E-state index contributed by atoms with van der Waals surface area (Å²) >= 11 is 0. The Labute approximate surface area is 135 Å². The monoisotopic (exact) mass is 312 g/mol. The van der Waals surface area contributed by atoms with Crippen LogP contribution in [0.5, 0.6) is 0 Å². The lowest BCUT2D eigenvalue weighted by molar-refractivity contribution is 0.0992. The van der Waals surface area contributed by atoms with Gasteiger partial charge in [0.25, 0.3) is 5.91 Å². The van der Waals surface area contributed by atoms with Crippen LogP contribution < -0.4 is 9.80 Å². The van der Waals surface area contributed by atoms with E-state index in [1.54, 1.807) is 36.7 Å². The van der Waals surface area contributed by atoms with Crippen LogP contribution in [0.15, 0.2) is 36.9 Å². The molecule has 120 valence electrons. The first-order valence-corrected chi connectivity index (χ1v) is 7.63. The molecule has 0 saturated carbocycles. The van der Waals surface area contributed by atoms with Crippen LogP contribution >= 0.6 is 0 Å². The third-order valence-electron chi connectivity index (χ3n) is 4.02. The van der Waals surface area contributed by atoms with Crippen LogP contribution in [0.2, 0.25) is 0 Å². The van der Waals surface area contributed by atoms with E-state index in [1.165, 1.54) is 0 Å². The molecule has 1 saturated heterocycles. The Morgan fingerprint density at radius 1 is 1.22 bits per heavy atom. The van der Waals surface area contributed by atoms with Crippen molar-refractivity contribution in [2.45, 2.75) is 6.92 Å². The number of carbonyl (C=O) groups excluding carboxylic acids is 1. The fraction of sp³-hybridized carbons (Fsp3) is 0.353. The zero-order valence-electron chi connectivity index (χ0n) is 13.4. The Morgan fingerprint density at radius 2 is 2.00 bits per heavy atom. The van der Waals surface area contributed by atoms with Crippen LogP contribution in [0.1, 0.15) is 15.9 Å². The molecule has 3 rings (SSSR count). The number of nitrogens with zero attached hydrogens (tertiary/aromatic N) is 4. The zero-order valence-corrected chi connectivity index (χ0v) is 13.4. The predicted octanol–water partition coefficient (Wildman–Crippen LogP) is 1.90. The Hall–Kier alpha value is -2.47. The summed E-state index contributed by atoms with van der Waals surface area (Å²) in [6.45, 7) is 5.00. The molecule has 2 aromatic rings. The van der Waals surface area contributed by atoms with Gasteiger partial charge in [0.15, 0.2) is 0 Å². The van der Waals surface area contributed by atoms with E-state index in [4.69, 9.17) is 4.74 Å². The van der Waals surface area contributed by atoms with Gasteiger partial charge in [-0.05, 0) is 24.6 Å². The highest BCUT2D eigenvalue weighted by atomic mass is 16.5. The molecule has 0 radical (unpaired) electrons. The van der Waals surface area contributed by atoms with Crippen LogP contribution in [0.4, 0.5) is 11.4 Å². The third-order valence-corrected chi connectivity index (χ3v) is 4.02. The molecule has 0 spiro atoms. The lowest BCUT2D eigenvalue weighted by Gasteiger charge is -2.29. The molecule has 1 fully saturated rings. The Balaban J connectivity index is 1.83. The van der Waals surface area contributed by atoms with Crippen LogP contribution in [0.25, 0.3) is 0 Å². The van der Waals surface area contributed by atoms with Crippen molar-refractivity contribution in [3.63, 3.8) is 0 Å². The maximum atomic E-state index is 12.7. The minimum Gasteiger partial charge on any atom is -0.378 e. The third kappa shape index (κ3) is 3.32.